The van der Waals surface area contributed by atoms with E-state index >= 15 is 0 Å². The van der Waals surface area contributed by atoms with Crippen LogP contribution in [0.3, 0.4) is 0 Å². The molecule has 0 spiro atoms. The van der Waals surface area contributed by atoms with Gasteiger partial charge < -0.3 is 9.84 Å². The lowest BCUT2D eigenvalue weighted by Gasteiger charge is -2.11. The van der Waals surface area contributed by atoms with E-state index < -0.39 is 5.92 Å². The predicted octanol–water partition coefficient (Wildman–Crippen LogP) is 1.59. The van der Waals surface area contributed by atoms with Crippen LogP contribution in [0.25, 0.3) is 0 Å². The zero-order valence-corrected chi connectivity index (χ0v) is 8.75. The zero-order valence-electron chi connectivity index (χ0n) is 8.75. The van der Waals surface area contributed by atoms with Gasteiger partial charge in [-0.25, -0.2) is 0 Å². The smallest absolute Gasteiger partial charge is 0.310 e. The summed E-state index contributed by atoms with van der Waals surface area (Å²) in [4.78, 5) is 11.1. The summed E-state index contributed by atoms with van der Waals surface area (Å²) in [6.45, 7) is 6.23. The fraction of sp³-hybridized carbons (Fsp3) is 0.900. The van der Waals surface area contributed by atoms with Gasteiger partial charge in [0.1, 0.15) is 0 Å². The van der Waals surface area contributed by atoms with E-state index in [0.29, 0.717) is 12.5 Å². The van der Waals surface area contributed by atoms with Crippen molar-refractivity contribution in [3.8, 4) is 0 Å². The van der Waals surface area contributed by atoms with Gasteiger partial charge in [-0.1, -0.05) is 20.3 Å². The Balaban J connectivity index is 3.47. The monoisotopic (exact) mass is 188 g/mol. The zero-order chi connectivity index (χ0) is 10.3. The molecule has 0 amide bonds. The van der Waals surface area contributed by atoms with Crippen molar-refractivity contribution in [1.82, 2.24) is 0 Å². The lowest BCUT2D eigenvalue weighted by molar-refractivity contribution is -0.149. The molecule has 3 heteroatoms. The van der Waals surface area contributed by atoms with Crippen LogP contribution >= 0.6 is 0 Å². The molecule has 13 heavy (non-hydrogen) atoms. The van der Waals surface area contributed by atoms with Crippen LogP contribution in [0.1, 0.15) is 33.6 Å². The normalized spacial score (nSPS) is 15.1. The molecule has 0 saturated carbocycles. The number of aliphatic hydroxyl groups is 1. The molecule has 0 aromatic heterocycles. The van der Waals surface area contributed by atoms with Crippen molar-refractivity contribution >= 4 is 5.97 Å². The Bertz CT molecular complexity index is 145. The number of hydrogen-bond acceptors (Lipinski definition) is 3. The number of carbonyl (C=O) groups is 1. The molecule has 3 nitrogen and oxygen atoms in total. The molecular formula is C10H20O3. The maximum absolute atomic E-state index is 11.1. The average Bonchev–Trinajstić information content (AvgIpc) is 2.15. The van der Waals surface area contributed by atoms with Crippen LogP contribution in [-0.2, 0) is 9.53 Å². The third-order valence-corrected chi connectivity index (χ3v) is 2.23. The van der Waals surface area contributed by atoms with Crippen molar-refractivity contribution in [2.24, 2.45) is 11.8 Å². The quantitative estimate of drug-likeness (QED) is 0.644. The lowest BCUT2D eigenvalue weighted by Crippen LogP contribution is -2.19. The van der Waals surface area contributed by atoms with Gasteiger partial charge in [-0.05, 0) is 19.3 Å². The summed E-state index contributed by atoms with van der Waals surface area (Å²) in [6.07, 6.45) is 2.01. The van der Waals surface area contributed by atoms with Gasteiger partial charge in [0.15, 0.2) is 0 Å². The first-order valence-corrected chi connectivity index (χ1v) is 4.89. The van der Waals surface area contributed by atoms with E-state index in [2.05, 4.69) is 13.8 Å². The van der Waals surface area contributed by atoms with Gasteiger partial charge in [0.05, 0.1) is 19.1 Å². The van der Waals surface area contributed by atoms with Crippen LogP contribution in [0.2, 0.25) is 0 Å². The molecule has 0 aliphatic carbocycles. The summed E-state index contributed by atoms with van der Waals surface area (Å²) >= 11 is 0. The van der Waals surface area contributed by atoms with Gasteiger partial charge in [0, 0.05) is 0 Å². The average molecular weight is 188 g/mol. The minimum Gasteiger partial charge on any atom is -0.465 e. The molecule has 0 rings (SSSR count). The highest BCUT2D eigenvalue weighted by Gasteiger charge is 2.12. The van der Waals surface area contributed by atoms with Crippen LogP contribution < -0.4 is 0 Å². The molecule has 2 atom stereocenters. The minimum atomic E-state index is -0.392. The minimum absolute atomic E-state index is 0.137. The summed E-state index contributed by atoms with van der Waals surface area (Å²) in [5.74, 6) is -0.0973. The summed E-state index contributed by atoms with van der Waals surface area (Å²) in [7, 11) is 0. The fourth-order valence-corrected chi connectivity index (χ4v) is 0.782. The van der Waals surface area contributed by atoms with Crippen molar-refractivity contribution in [3.63, 3.8) is 0 Å². The van der Waals surface area contributed by atoms with Gasteiger partial charge >= 0.3 is 5.97 Å². The number of carbonyl (C=O) groups excluding carboxylic acids is 1. The van der Waals surface area contributed by atoms with Gasteiger partial charge in [0.25, 0.3) is 0 Å². The number of hydrogen-bond donors (Lipinski definition) is 1. The van der Waals surface area contributed by atoms with Crippen LogP contribution in [0.5, 0.6) is 0 Å². The first-order valence-electron chi connectivity index (χ1n) is 4.89. The van der Waals surface area contributed by atoms with Crippen molar-refractivity contribution in [2.45, 2.75) is 33.6 Å². The molecular weight excluding hydrogens is 168 g/mol. The highest BCUT2D eigenvalue weighted by Crippen LogP contribution is 2.07. The number of ether oxygens (including phenoxy) is 1. The second-order valence-corrected chi connectivity index (χ2v) is 3.55. The Kier molecular flexibility index (Phi) is 6.59. The van der Waals surface area contributed by atoms with E-state index in [4.69, 9.17) is 9.84 Å². The van der Waals surface area contributed by atoms with Crippen molar-refractivity contribution in [2.75, 3.05) is 13.2 Å². The predicted molar refractivity (Wildman–Crippen MR) is 51.3 cm³/mol. The molecule has 0 aliphatic rings. The molecule has 0 saturated heterocycles. The maximum Gasteiger partial charge on any atom is 0.310 e. The molecule has 1 N–H and O–H groups in total. The summed E-state index contributed by atoms with van der Waals surface area (Å²) in [6, 6.07) is 0. The molecule has 0 aromatic carbocycles. The number of esters is 1. The van der Waals surface area contributed by atoms with Gasteiger partial charge in [-0.2, -0.15) is 0 Å². The Hall–Kier alpha value is -0.570. The molecule has 0 aromatic rings. The first kappa shape index (κ1) is 12.4. The molecule has 0 heterocycles. The van der Waals surface area contributed by atoms with E-state index in [0.717, 1.165) is 12.8 Å². The summed E-state index contributed by atoms with van der Waals surface area (Å²) < 4.78 is 4.97. The number of rotatable bonds is 6. The number of aliphatic hydroxyl groups excluding tert-OH is 1. The largest absolute Gasteiger partial charge is 0.465 e. The van der Waals surface area contributed by atoms with Crippen molar-refractivity contribution in [3.05, 3.63) is 0 Å². The van der Waals surface area contributed by atoms with Crippen LogP contribution in [-0.4, -0.2) is 24.3 Å². The SMILES string of the molecule is CCC(C)CCOC(=O)C(C)CO. The Morgan fingerprint density at radius 1 is 1.46 bits per heavy atom. The highest BCUT2D eigenvalue weighted by atomic mass is 16.5. The third-order valence-electron chi connectivity index (χ3n) is 2.23. The van der Waals surface area contributed by atoms with E-state index in [1.807, 2.05) is 0 Å². The van der Waals surface area contributed by atoms with Gasteiger partial charge in [-0.15, -0.1) is 0 Å². The molecule has 0 radical (unpaired) electrons. The summed E-state index contributed by atoms with van der Waals surface area (Å²) in [5, 5.41) is 8.66. The second-order valence-electron chi connectivity index (χ2n) is 3.55. The third kappa shape index (κ3) is 5.64. The van der Waals surface area contributed by atoms with Gasteiger partial charge in [-0.3, -0.25) is 4.79 Å². The van der Waals surface area contributed by atoms with E-state index in [-0.39, 0.29) is 12.6 Å². The fourth-order valence-electron chi connectivity index (χ4n) is 0.782. The van der Waals surface area contributed by atoms with Crippen molar-refractivity contribution in [1.29, 1.82) is 0 Å². The first-order chi connectivity index (χ1) is 6.11. The maximum atomic E-state index is 11.1. The lowest BCUT2D eigenvalue weighted by atomic mass is 10.1. The van der Waals surface area contributed by atoms with Crippen LogP contribution in [0.15, 0.2) is 0 Å². The topological polar surface area (TPSA) is 46.5 Å². The van der Waals surface area contributed by atoms with E-state index in [9.17, 15) is 4.79 Å². The van der Waals surface area contributed by atoms with Crippen molar-refractivity contribution < 1.29 is 14.6 Å². The van der Waals surface area contributed by atoms with Crippen LogP contribution in [0, 0.1) is 11.8 Å². The standard InChI is InChI=1S/C10H20O3/c1-4-8(2)5-6-13-10(12)9(3)7-11/h8-9,11H,4-7H2,1-3H3. The van der Waals surface area contributed by atoms with Gasteiger partial charge in [0.2, 0.25) is 0 Å². The Labute approximate surface area is 80.1 Å². The summed E-state index contributed by atoms with van der Waals surface area (Å²) in [5.41, 5.74) is 0. The Morgan fingerprint density at radius 3 is 2.54 bits per heavy atom. The highest BCUT2D eigenvalue weighted by molar-refractivity contribution is 5.72. The van der Waals surface area contributed by atoms with E-state index in [1.54, 1.807) is 6.92 Å². The molecule has 0 aliphatic heterocycles. The molecule has 0 bridgehead atoms. The molecule has 2 unspecified atom stereocenters. The second kappa shape index (κ2) is 6.89. The van der Waals surface area contributed by atoms with E-state index in [1.165, 1.54) is 0 Å². The Morgan fingerprint density at radius 2 is 2.08 bits per heavy atom. The molecule has 0 fully saturated rings. The van der Waals surface area contributed by atoms with Crippen LogP contribution in [0.4, 0.5) is 0 Å². The molecule has 78 valence electrons.